The third-order valence-corrected chi connectivity index (χ3v) is 2.99. The molecule has 98 valence electrons. The van der Waals surface area contributed by atoms with Gasteiger partial charge in [-0.3, -0.25) is 0 Å². The summed E-state index contributed by atoms with van der Waals surface area (Å²) < 4.78 is 0. The number of anilines is 3. The fourth-order valence-electron chi connectivity index (χ4n) is 1.56. The number of benzene rings is 1. The largest absolute Gasteiger partial charge is 0.383 e. The van der Waals surface area contributed by atoms with E-state index in [1.807, 2.05) is 18.4 Å². The molecule has 1 heterocycles. The van der Waals surface area contributed by atoms with Gasteiger partial charge in [0.1, 0.15) is 23.8 Å². The highest BCUT2D eigenvalue weighted by Gasteiger charge is 2.05. The Kier molecular flexibility index (Phi) is 4.04. The number of nitrogen functional groups attached to an aromatic ring is 1. The number of rotatable bonds is 3. The van der Waals surface area contributed by atoms with Gasteiger partial charge in [-0.1, -0.05) is 11.8 Å². The number of nitrogens with zero attached hydrogens (tertiary/aromatic N) is 4. The van der Waals surface area contributed by atoms with E-state index in [-0.39, 0.29) is 0 Å². The van der Waals surface area contributed by atoms with Crippen LogP contribution in [-0.2, 0) is 0 Å². The molecule has 0 atom stereocenters. The first-order chi connectivity index (χ1) is 9.66. The zero-order valence-corrected chi connectivity index (χ0v) is 11.4. The molecule has 0 aliphatic heterocycles. The molecular formula is C13H10N6S. The van der Waals surface area contributed by atoms with Gasteiger partial charge in [-0.15, -0.1) is 0 Å². The highest BCUT2D eigenvalue weighted by Crippen LogP contribution is 2.21. The number of thioether (sulfide) groups is 1. The van der Waals surface area contributed by atoms with Crippen LogP contribution < -0.4 is 11.1 Å². The van der Waals surface area contributed by atoms with Crippen molar-refractivity contribution < 1.29 is 0 Å². The molecule has 0 radical (unpaired) electrons. The summed E-state index contributed by atoms with van der Waals surface area (Å²) in [5.74, 6) is 0.899. The molecule has 0 saturated heterocycles. The van der Waals surface area contributed by atoms with Crippen molar-refractivity contribution >= 4 is 29.1 Å². The van der Waals surface area contributed by atoms with Gasteiger partial charge in [0, 0.05) is 11.8 Å². The van der Waals surface area contributed by atoms with Crippen molar-refractivity contribution in [3.05, 3.63) is 35.4 Å². The summed E-state index contributed by atoms with van der Waals surface area (Å²) in [6.45, 7) is 0. The number of hydrogen-bond acceptors (Lipinski definition) is 7. The van der Waals surface area contributed by atoms with Gasteiger partial charge in [-0.25, -0.2) is 9.97 Å². The third kappa shape index (κ3) is 2.97. The first kappa shape index (κ1) is 13.7. The lowest BCUT2D eigenvalue weighted by Crippen LogP contribution is -2.00. The normalized spacial score (nSPS) is 9.55. The van der Waals surface area contributed by atoms with Crippen molar-refractivity contribution in [1.29, 1.82) is 10.5 Å². The van der Waals surface area contributed by atoms with E-state index in [4.69, 9.17) is 16.3 Å². The summed E-state index contributed by atoms with van der Waals surface area (Å²) in [4.78, 5) is 8.31. The second-order valence-electron chi connectivity index (χ2n) is 3.77. The minimum Gasteiger partial charge on any atom is -0.383 e. The van der Waals surface area contributed by atoms with E-state index in [1.54, 1.807) is 24.3 Å². The topological polar surface area (TPSA) is 111 Å². The molecule has 1 aromatic carbocycles. The molecule has 1 aromatic heterocycles. The first-order valence-electron chi connectivity index (χ1n) is 5.56. The fraction of sp³-hybridized carbons (Fsp3) is 0.0769. The number of nitrogens with two attached hydrogens (primary N) is 1. The zero-order chi connectivity index (χ0) is 14.5. The Bertz CT molecular complexity index is 729. The Morgan fingerprint density at radius 3 is 2.55 bits per heavy atom. The number of hydrogen-bond donors (Lipinski definition) is 2. The summed E-state index contributed by atoms with van der Waals surface area (Å²) in [7, 11) is 0. The van der Waals surface area contributed by atoms with Crippen LogP contribution in [0.5, 0.6) is 0 Å². The summed E-state index contributed by atoms with van der Waals surface area (Å²) in [5.41, 5.74) is 7.00. The van der Waals surface area contributed by atoms with Crippen LogP contribution in [0.3, 0.4) is 0 Å². The van der Waals surface area contributed by atoms with Crippen LogP contribution in [0.1, 0.15) is 11.1 Å². The molecule has 0 amide bonds. The summed E-state index contributed by atoms with van der Waals surface area (Å²) >= 11 is 1.38. The molecule has 2 aromatic rings. The predicted octanol–water partition coefficient (Wildman–Crippen LogP) is 2.27. The minimum absolute atomic E-state index is 0.310. The molecular weight excluding hydrogens is 272 g/mol. The molecule has 0 fully saturated rings. The number of nitriles is 2. The van der Waals surface area contributed by atoms with Gasteiger partial charge in [0.25, 0.3) is 0 Å². The van der Waals surface area contributed by atoms with Crippen LogP contribution in [0.4, 0.5) is 17.3 Å². The second-order valence-corrected chi connectivity index (χ2v) is 4.55. The smallest absolute Gasteiger partial charge is 0.191 e. The van der Waals surface area contributed by atoms with Gasteiger partial charge in [0.2, 0.25) is 0 Å². The molecule has 0 spiro atoms. The molecule has 3 N–H and O–H groups in total. The van der Waals surface area contributed by atoms with E-state index in [9.17, 15) is 0 Å². The van der Waals surface area contributed by atoms with Gasteiger partial charge < -0.3 is 11.1 Å². The predicted molar refractivity (Wildman–Crippen MR) is 77.4 cm³/mol. The Morgan fingerprint density at radius 1 is 1.15 bits per heavy atom. The van der Waals surface area contributed by atoms with Crippen molar-refractivity contribution in [2.45, 2.75) is 5.16 Å². The number of aromatic nitrogens is 2. The van der Waals surface area contributed by atoms with E-state index >= 15 is 0 Å². The summed E-state index contributed by atoms with van der Waals surface area (Å²) in [6.07, 6.45) is 1.86. The fourth-order valence-corrected chi connectivity index (χ4v) is 1.94. The Balaban J connectivity index is 2.33. The van der Waals surface area contributed by atoms with E-state index in [1.165, 1.54) is 11.8 Å². The molecule has 0 bridgehead atoms. The minimum atomic E-state index is 0.310. The van der Waals surface area contributed by atoms with Crippen LogP contribution in [-0.4, -0.2) is 16.2 Å². The molecule has 0 aliphatic rings. The van der Waals surface area contributed by atoms with Crippen LogP contribution in [0.2, 0.25) is 0 Å². The standard InChI is InChI=1S/C13H10N6S/c1-20-13-18-11(16)5-12(19-13)17-10-3-2-8(6-14)9(4-10)7-15/h2-5H,1H3,(H3,16,17,18,19). The Labute approximate surface area is 120 Å². The molecule has 0 aliphatic carbocycles. The van der Waals surface area contributed by atoms with Crippen molar-refractivity contribution in [3.63, 3.8) is 0 Å². The SMILES string of the molecule is CSc1nc(N)cc(Nc2ccc(C#N)c(C#N)c2)n1. The van der Waals surface area contributed by atoms with Gasteiger partial charge in [0.15, 0.2) is 5.16 Å². The lowest BCUT2D eigenvalue weighted by molar-refractivity contribution is 0.984. The van der Waals surface area contributed by atoms with Crippen LogP contribution in [0.15, 0.2) is 29.4 Å². The average Bonchev–Trinajstić information content (AvgIpc) is 2.46. The highest BCUT2D eigenvalue weighted by molar-refractivity contribution is 7.98. The van der Waals surface area contributed by atoms with Crippen LogP contribution in [0.25, 0.3) is 0 Å². The summed E-state index contributed by atoms with van der Waals surface area (Å²) in [5, 5.41) is 21.5. The molecule has 0 unspecified atom stereocenters. The van der Waals surface area contributed by atoms with Crippen molar-refractivity contribution in [3.8, 4) is 12.1 Å². The maximum absolute atomic E-state index is 8.99. The monoisotopic (exact) mass is 282 g/mol. The van der Waals surface area contributed by atoms with Crippen LogP contribution in [0, 0.1) is 22.7 Å². The molecule has 20 heavy (non-hydrogen) atoms. The highest BCUT2D eigenvalue weighted by atomic mass is 32.2. The third-order valence-electron chi connectivity index (χ3n) is 2.44. The maximum Gasteiger partial charge on any atom is 0.191 e. The Hall–Kier alpha value is -2.77. The van der Waals surface area contributed by atoms with E-state index < -0.39 is 0 Å². The van der Waals surface area contributed by atoms with Gasteiger partial charge in [-0.05, 0) is 24.5 Å². The van der Waals surface area contributed by atoms with Crippen molar-refractivity contribution in [2.24, 2.45) is 0 Å². The molecule has 0 saturated carbocycles. The van der Waals surface area contributed by atoms with Gasteiger partial charge in [0.05, 0.1) is 11.1 Å². The lowest BCUT2D eigenvalue weighted by atomic mass is 10.1. The van der Waals surface area contributed by atoms with Crippen molar-refractivity contribution in [1.82, 2.24) is 9.97 Å². The Morgan fingerprint density at radius 2 is 1.90 bits per heavy atom. The molecule has 6 nitrogen and oxygen atoms in total. The molecule has 7 heteroatoms. The summed E-state index contributed by atoms with van der Waals surface area (Å²) in [6, 6.07) is 10.4. The first-order valence-corrected chi connectivity index (χ1v) is 6.78. The average molecular weight is 282 g/mol. The maximum atomic E-state index is 8.99. The van der Waals surface area contributed by atoms with Gasteiger partial charge in [-0.2, -0.15) is 10.5 Å². The molecule has 2 rings (SSSR count). The number of nitrogens with one attached hydrogen (secondary N) is 1. The second kappa shape index (κ2) is 5.91. The van der Waals surface area contributed by atoms with E-state index in [0.717, 1.165) is 0 Å². The quantitative estimate of drug-likeness (QED) is 0.656. The van der Waals surface area contributed by atoms with Crippen LogP contribution >= 0.6 is 11.8 Å². The van der Waals surface area contributed by atoms with E-state index in [2.05, 4.69) is 15.3 Å². The zero-order valence-electron chi connectivity index (χ0n) is 10.6. The van der Waals surface area contributed by atoms with E-state index in [0.29, 0.717) is 33.6 Å². The van der Waals surface area contributed by atoms with Gasteiger partial charge >= 0.3 is 0 Å². The lowest BCUT2D eigenvalue weighted by Gasteiger charge is -2.08. The van der Waals surface area contributed by atoms with Crippen molar-refractivity contribution in [2.75, 3.05) is 17.3 Å².